The Morgan fingerprint density at radius 1 is 1.14 bits per heavy atom. The normalized spacial score (nSPS) is 20.0. The maximum Gasteiger partial charge on any atom is 0.149 e. The fourth-order valence-corrected chi connectivity index (χ4v) is 6.48. The van der Waals surface area contributed by atoms with Gasteiger partial charge in [0.15, 0.2) is 0 Å². The van der Waals surface area contributed by atoms with E-state index in [1.807, 2.05) is 29.1 Å². The zero-order chi connectivity index (χ0) is 29.2. The fourth-order valence-electron chi connectivity index (χ4n) is 6.22. The molecule has 212 valence electrons. The number of aromatic nitrogens is 5. The number of pyridine rings is 2. The Morgan fingerprint density at radius 3 is 2.67 bits per heavy atom. The molecule has 0 saturated heterocycles. The van der Waals surface area contributed by atoms with Gasteiger partial charge in [0.2, 0.25) is 0 Å². The summed E-state index contributed by atoms with van der Waals surface area (Å²) in [6.07, 6.45) is 8.55. The zero-order valence-electron chi connectivity index (χ0n) is 23.6. The molecule has 42 heavy (non-hydrogen) atoms. The molecule has 0 spiro atoms. The number of anilines is 2. The number of hydrogen-bond acceptors (Lipinski definition) is 7. The third-order valence-corrected chi connectivity index (χ3v) is 8.80. The third kappa shape index (κ3) is 4.42. The minimum absolute atomic E-state index is 0.0169. The van der Waals surface area contributed by atoms with Crippen molar-refractivity contribution in [1.29, 1.82) is 5.26 Å². The van der Waals surface area contributed by atoms with Gasteiger partial charge in [0.25, 0.3) is 0 Å². The van der Waals surface area contributed by atoms with Crippen LogP contribution < -0.4 is 10.6 Å². The van der Waals surface area contributed by atoms with Crippen molar-refractivity contribution in [1.82, 2.24) is 25.0 Å². The molecule has 3 aliphatic rings. The van der Waals surface area contributed by atoms with E-state index in [1.54, 1.807) is 24.5 Å². The van der Waals surface area contributed by atoms with Crippen LogP contribution in [0.3, 0.4) is 0 Å². The quantitative estimate of drug-likeness (QED) is 0.210. The highest BCUT2D eigenvalue weighted by Crippen LogP contribution is 2.62. The van der Waals surface area contributed by atoms with Gasteiger partial charge in [0, 0.05) is 35.4 Å². The van der Waals surface area contributed by atoms with Crippen molar-refractivity contribution in [2.75, 3.05) is 17.2 Å². The van der Waals surface area contributed by atoms with Gasteiger partial charge in [-0.05, 0) is 60.4 Å². The molecule has 0 unspecified atom stereocenters. The van der Waals surface area contributed by atoms with Crippen LogP contribution in [0, 0.1) is 28.5 Å². The molecule has 0 radical (unpaired) electrons. The minimum Gasteiger partial charge on any atom is -0.383 e. The van der Waals surface area contributed by atoms with Gasteiger partial charge in [-0.3, -0.25) is 9.97 Å². The van der Waals surface area contributed by atoms with Crippen LogP contribution in [0.25, 0.3) is 21.8 Å². The number of fused-ring (bicyclic) bond motifs is 2. The molecule has 0 aliphatic heterocycles. The van der Waals surface area contributed by atoms with E-state index in [0.29, 0.717) is 50.6 Å². The molecule has 3 heterocycles. The van der Waals surface area contributed by atoms with Crippen molar-refractivity contribution >= 4 is 44.8 Å². The second-order valence-corrected chi connectivity index (χ2v) is 13.2. The molecule has 2 aromatic carbocycles. The lowest BCUT2D eigenvalue weighted by molar-refractivity contribution is -0.0989. The topological polar surface area (TPSA) is 104 Å². The molecule has 8 rings (SSSR count). The summed E-state index contributed by atoms with van der Waals surface area (Å²) in [7, 11) is 0. The van der Waals surface area contributed by atoms with E-state index in [0.717, 1.165) is 36.1 Å². The first-order valence-electron chi connectivity index (χ1n) is 14.1. The summed E-state index contributed by atoms with van der Waals surface area (Å²) in [4.78, 5) is 8.81. The Kier molecular flexibility index (Phi) is 6.10. The Hall–Kier alpha value is -4.29. The number of halogens is 2. The van der Waals surface area contributed by atoms with Crippen molar-refractivity contribution in [3.8, 4) is 6.07 Å². The van der Waals surface area contributed by atoms with Crippen molar-refractivity contribution in [2.45, 2.75) is 51.6 Å². The lowest BCUT2D eigenvalue weighted by Crippen LogP contribution is -2.59. The molecule has 0 amide bonds. The van der Waals surface area contributed by atoms with E-state index in [9.17, 15) is 9.65 Å². The Balaban J connectivity index is 1.35. The number of nitrogens with one attached hydrogen (secondary N) is 2. The van der Waals surface area contributed by atoms with Gasteiger partial charge in [-0.15, -0.1) is 5.10 Å². The van der Waals surface area contributed by atoms with Crippen molar-refractivity contribution < 1.29 is 4.39 Å². The molecule has 8 nitrogen and oxygen atoms in total. The van der Waals surface area contributed by atoms with Gasteiger partial charge in [0.1, 0.15) is 23.1 Å². The summed E-state index contributed by atoms with van der Waals surface area (Å²) < 4.78 is 16.8. The number of rotatable bonds is 7. The van der Waals surface area contributed by atoms with Gasteiger partial charge in [-0.2, -0.15) is 5.26 Å². The Labute approximate surface area is 247 Å². The van der Waals surface area contributed by atoms with Crippen molar-refractivity contribution in [3.63, 3.8) is 0 Å². The summed E-state index contributed by atoms with van der Waals surface area (Å²) in [5.74, 6) is 0.412. The zero-order valence-corrected chi connectivity index (χ0v) is 24.4. The molecule has 3 aromatic heterocycles. The van der Waals surface area contributed by atoms with Crippen molar-refractivity contribution in [3.05, 3.63) is 82.6 Å². The van der Waals surface area contributed by atoms with Crippen LogP contribution in [0.15, 0.2) is 55.0 Å². The molecule has 5 aromatic rings. The van der Waals surface area contributed by atoms with Gasteiger partial charge in [0.05, 0.1) is 39.6 Å². The van der Waals surface area contributed by atoms with E-state index >= 15 is 0 Å². The highest BCUT2D eigenvalue weighted by molar-refractivity contribution is 6.35. The monoisotopic (exact) mass is 580 g/mol. The van der Waals surface area contributed by atoms with Gasteiger partial charge >= 0.3 is 0 Å². The Bertz CT molecular complexity index is 1890. The molecule has 2 bridgehead atoms. The lowest BCUT2D eigenvalue weighted by Gasteiger charge is -2.61. The number of nitriles is 1. The molecule has 3 aliphatic carbocycles. The largest absolute Gasteiger partial charge is 0.383 e. The number of benzene rings is 2. The maximum atomic E-state index is 14.8. The summed E-state index contributed by atoms with van der Waals surface area (Å²) in [6, 6.07) is 12.4. The molecular weight excluding hydrogens is 551 g/mol. The van der Waals surface area contributed by atoms with Crippen LogP contribution in [0.2, 0.25) is 5.02 Å². The standard InChI is InChI=1S/C32H30ClFN8/c1-31(2,3)17-38-27-19(14-35)15-37-28-23(27)9-20(10-24(28)33)39-30(22-6-7-25(34)29-21(22)5-4-8-36-29)26-16-42(41-40-26)32-11-18(12-32)13-32/h4-10,15-16,18,30,39H,11-13,17H2,1-3H3,(H,37,38)/t18?,30-,32?/m0/s1. The summed E-state index contributed by atoms with van der Waals surface area (Å²) in [5.41, 5.74) is 4.30. The predicted molar refractivity (Wildman–Crippen MR) is 162 cm³/mol. The molecule has 10 heteroatoms. The van der Waals surface area contributed by atoms with E-state index in [4.69, 9.17) is 11.6 Å². The molecule has 1 atom stereocenters. The van der Waals surface area contributed by atoms with Crippen molar-refractivity contribution in [2.24, 2.45) is 11.3 Å². The first kappa shape index (κ1) is 26.6. The van der Waals surface area contributed by atoms with Crippen LogP contribution >= 0.6 is 11.6 Å². The number of nitrogens with zero attached hydrogens (tertiary/aromatic N) is 6. The fraction of sp³-hybridized carbons (Fsp3) is 0.344. The first-order valence-corrected chi connectivity index (χ1v) is 14.5. The SMILES string of the molecule is CC(C)(C)CNc1c(C#N)cnc2c(Cl)cc(N[C@H](c3cn(C45CC(C4)C5)nn3)c3ccc(F)c4ncccc34)cc12. The minimum atomic E-state index is -0.481. The van der Waals surface area contributed by atoms with Gasteiger partial charge in [-0.1, -0.05) is 49.7 Å². The molecule has 3 saturated carbocycles. The summed E-state index contributed by atoms with van der Waals surface area (Å²) in [5, 5.41) is 28.0. The average Bonchev–Trinajstić information content (AvgIpc) is 3.38. The van der Waals surface area contributed by atoms with E-state index in [-0.39, 0.29) is 16.8 Å². The summed E-state index contributed by atoms with van der Waals surface area (Å²) in [6.45, 7) is 7.03. The van der Waals surface area contributed by atoms with E-state index < -0.39 is 6.04 Å². The van der Waals surface area contributed by atoms with Crippen LogP contribution in [-0.2, 0) is 5.54 Å². The lowest BCUT2D eigenvalue weighted by atomic mass is 9.50. The highest BCUT2D eigenvalue weighted by atomic mass is 35.5. The first-order chi connectivity index (χ1) is 20.1. The molecule has 3 fully saturated rings. The second-order valence-electron chi connectivity index (χ2n) is 12.8. The maximum absolute atomic E-state index is 14.8. The van der Waals surface area contributed by atoms with Crippen LogP contribution in [0.5, 0.6) is 0 Å². The van der Waals surface area contributed by atoms with Crippen LogP contribution in [0.1, 0.15) is 62.9 Å². The molecular formula is C32H30ClFN8. The van der Waals surface area contributed by atoms with E-state index in [1.165, 1.54) is 6.07 Å². The third-order valence-electron chi connectivity index (χ3n) is 8.52. The summed E-state index contributed by atoms with van der Waals surface area (Å²) >= 11 is 6.80. The van der Waals surface area contributed by atoms with Gasteiger partial charge < -0.3 is 10.6 Å². The highest BCUT2D eigenvalue weighted by Gasteiger charge is 2.59. The second kappa shape index (κ2) is 9.63. The average molecular weight is 581 g/mol. The smallest absolute Gasteiger partial charge is 0.149 e. The number of hydrogen-bond donors (Lipinski definition) is 2. The predicted octanol–water partition coefficient (Wildman–Crippen LogP) is 7.21. The Morgan fingerprint density at radius 2 is 1.95 bits per heavy atom. The van der Waals surface area contributed by atoms with Crippen LogP contribution in [-0.4, -0.2) is 31.5 Å². The van der Waals surface area contributed by atoms with Gasteiger partial charge in [-0.25, -0.2) is 9.07 Å². The van der Waals surface area contributed by atoms with Crippen LogP contribution in [0.4, 0.5) is 15.8 Å². The van der Waals surface area contributed by atoms with E-state index in [2.05, 4.69) is 57.8 Å². The molecule has 2 N–H and O–H groups in total.